The Bertz CT molecular complexity index is 874. The Morgan fingerprint density at radius 2 is 1.35 bits per heavy atom. The molecule has 4 unspecified atom stereocenters. The van der Waals surface area contributed by atoms with Crippen LogP contribution in [0.1, 0.15) is 39.7 Å². The lowest BCUT2D eigenvalue weighted by atomic mass is 9.99. The number of carboxylic acid groups (broad SMARTS) is 1. The highest BCUT2D eigenvalue weighted by molar-refractivity contribution is 5.95. The minimum atomic E-state index is -1.22. The molecule has 1 aromatic carbocycles. The third kappa shape index (κ3) is 9.18. The Morgan fingerprint density at radius 1 is 0.824 bits per heavy atom. The maximum absolute atomic E-state index is 13.1. The summed E-state index contributed by atoms with van der Waals surface area (Å²) in [5, 5.41) is 17.0. The number of amides is 4. The van der Waals surface area contributed by atoms with Crippen molar-refractivity contribution in [2.75, 3.05) is 0 Å². The third-order valence-corrected chi connectivity index (χ3v) is 5.15. The fourth-order valence-corrected chi connectivity index (χ4v) is 3.19. The number of carboxylic acids is 1. The van der Waals surface area contributed by atoms with Crippen LogP contribution in [0.15, 0.2) is 30.3 Å². The molecule has 11 heteroatoms. The van der Waals surface area contributed by atoms with Gasteiger partial charge in [0.05, 0.1) is 12.5 Å². The van der Waals surface area contributed by atoms with E-state index in [1.54, 1.807) is 58.0 Å². The maximum Gasteiger partial charge on any atom is 0.326 e. The minimum absolute atomic E-state index is 0.1000. The summed E-state index contributed by atoms with van der Waals surface area (Å²) in [6, 6.07) is 4.37. The summed E-state index contributed by atoms with van der Waals surface area (Å²) in [4.78, 5) is 61.0. The van der Waals surface area contributed by atoms with Crippen LogP contribution >= 0.6 is 0 Å². The first-order chi connectivity index (χ1) is 15.8. The van der Waals surface area contributed by atoms with Crippen LogP contribution in [0.5, 0.6) is 0 Å². The summed E-state index contributed by atoms with van der Waals surface area (Å²) >= 11 is 0. The van der Waals surface area contributed by atoms with E-state index in [-0.39, 0.29) is 24.7 Å². The summed E-state index contributed by atoms with van der Waals surface area (Å²) in [7, 11) is 0. The van der Waals surface area contributed by atoms with Crippen LogP contribution < -0.4 is 27.4 Å². The van der Waals surface area contributed by atoms with E-state index >= 15 is 0 Å². The van der Waals surface area contributed by atoms with Crippen LogP contribution in [0.3, 0.4) is 0 Å². The van der Waals surface area contributed by atoms with Gasteiger partial charge in [0.1, 0.15) is 18.1 Å². The highest BCUT2D eigenvalue weighted by Gasteiger charge is 2.32. The summed E-state index contributed by atoms with van der Waals surface area (Å²) in [5.74, 6) is -4.77. The average molecular weight is 478 g/mol. The maximum atomic E-state index is 13.1. The fourth-order valence-electron chi connectivity index (χ4n) is 3.19. The number of hydrogen-bond acceptors (Lipinski definition) is 6. The molecule has 0 saturated carbocycles. The van der Waals surface area contributed by atoms with Crippen molar-refractivity contribution < 1.29 is 29.1 Å². The molecule has 1 aromatic rings. The van der Waals surface area contributed by atoms with Gasteiger partial charge in [-0.05, 0) is 17.4 Å². The number of aliphatic carboxylic acids is 1. The zero-order valence-electron chi connectivity index (χ0n) is 19.9. The summed E-state index contributed by atoms with van der Waals surface area (Å²) in [5.41, 5.74) is 11.5. The lowest BCUT2D eigenvalue weighted by Crippen LogP contribution is -2.59. The first kappa shape index (κ1) is 28.6. The molecular formula is C23H35N5O6. The first-order valence-electron chi connectivity index (χ1n) is 11.0. The Balaban J connectivity index is 3.09. The lowest BCUT2D eigenvalue weighted by Gasteiger charge is -2.27. The summed E-state index contributed by atoms with van der Waals surface area (Å²) in [6.45, 7) is 6.69. The van der Waals surface area contributed by atoms with Crippen molar-refractivity contribution in [2.45, 2.75) is 64.7 Å². The van der Waals surface area contributed by atoms with Gasteiger partial charge in [0, 0.05) is 6.42 Å². The molecule has 11 nitrogen and oxygen atoms in total. The molecule has 0 spiro atoms. The van der Waals surface area contributed by atoms with Crippen molar-refractivity contribution in [1.82, 2.24) is 16.0 Å². The van der Waals surface area contributed by atoms with Crippen LogP contribution in [0.4, 0.5) is 0 Å². The van der Waals surface area contributed by atoms with Crippen molar-refractivity contribution in [2.24, 2.45) is 23.3 Å². The zero-order chi connectivity index (χ0) is 26.0. The molecule has 0 aromatic heterocycles. The van der Waals surface area contributed by atoms with Crippen molar-refractivity contribution in [3.8, 4) is 0 Å². The van der Waals surface area contributed by atoms with Crippen molar-refractivity contribution in [1.29, 1.82) is 0 Å². The second-order valence-electron chi connectivity index (χ2n) is 8.83. The predicted octanol–water partition coefficient (Wildman–Crippen LogP) is -0.717. The number of nitrogens with two attached hydrogens (primary N) is 2. The molecular weight excluding hydrogens is 442 g/mol. The van der Waals surface area contributed by atoms with Crippen LogP contribution in [0.2, 0.25) is 0 Å². The van der Waals surface area contributed by atoms with Crippen molar-refractivity contribution in [3.63, 3.8) is 0 Å². The SMILES string of the molecule is CC(C)C(NC(=O)C(Cc1ccccc1)NC(=O)C(NC(=O)C(N)CC(N)=O)C(C)C)C(=O)O. The van der Waals surface area contributed by atoms with Gasteiger partial charge in [-0.2, -0.15) is 0 Å². The van der Waals surface area contributed by atoms with Gasteiger partial charge in [0.2, 0.25) is 23.6 Å². The standard InChI is InChI=1S/C23H35N5O6/c1-12(2)18(27-20(30)15(24)11-17(25)29)22(32)26-16(10-14-8-6-5-7-9-14)21(31)28-19(13(3)4)23(33)34/h5-9,12-13,15-16,18-19H,10-11,24H2,1-4H3,(H2,25,29)(H,26,32)(H,27,30)(H,28,31)(H,33,34). The molecule has 4 atom stereocenters. The number of rotatable bonds is 13. The van der Waals surface area contributed by atoms with E-state index in [1.807, 2.05) is 0 Å². The Hall–Kier alpha value is -3.47. The van der Waals surface area contributed by atoms with Gasteiger partial charge >= 0.3 is 5.97 Å². The summed E-state index contributed by atoms with van der Waals surface area (Å²) < 4.78 is 0. The van der Waals surface area contributed by atoms with Gasteiger partial charge in [-0.15, -0.1) is 0 Å². The molecule has 0 heterocycles. The van der Waals surface area contributed by atoms with Crippen molar-refractivity contribution >= 4 is 29.6 Å². The zero-order valence-corrected chi connectivity index (χ0v) is 19.9. The number of nitrogens with one attached hydrogen (secondary N) is 3. The number of benzene rings is 1. The van der Waals surface area contributed by atoms with E-state index in [0.29, 0.717) is 0 Å². The summed E-state index contributed by atoms with van der Waals surface area (Å²) in [6.07, 6.45) is -0.286. The molecule has 0 bridgehead atoms. The van der Waals surface area contributed by atoms with Gasteiger partial charge in [0.25, 0.3) is 0 Å². The highest BCUT2D eigenvalue weighted by atomic mass is 16.4. The Kier molecular flexibility index (Phi) is 11.2. The van der Waals surface area contributed by atoms with Crippen molar-refractivity contribution in [3.05, 3.63) is 35.9 Å². The number of carbonyl (C=O) groups is 5. The van der Waals surface area contributed by atoms with Gasteiger partial charge in [-0.3, -0.25) is 19.2 Å². The smallest absolute Gasteiger partial charge is 0.326 e. The third-order valence-electron chi connectivity index (χ3n) is 5.15. The minimum Gasteiger partial charge on any atom is -0.480 e. The van der Waals surface area contributed by atoms with Gasteiger partial charge in [-0.25, -0.2) is 4.79 Å². The predicted molar refractivity (Wildman–Crippen MR) is 125 cm³/mol. The quantitative estimate of drug-likeness (QED) is 0.216. The average Bonchev–Trinajstić information content (AvgIpc) is 2.74. The molecule has 34 heavy (non-hydrogen) atoms. The monoisotopic (exact) mass is 477 g/mol. The number of carbonyl (C=O) groups excluding carboxylic acids is 4. The molecule has 4 amide bonds. The number of primary amides is 1. The second kappa shape index (κ2) is 13.3. The largest absolute Gasteiger partial charge is 0.480 e. The van der Waals surface area contributed by atoms with E-state index in [9.17, 15) is 29.1 Å². The highest BCUT2D eigenvalue weighted by Crippen LogP contribution is 2.09. The lowest BCUT2D eigenvalue weighted by molar-refractivity contribution is -0.143. The topological polar surface area (TPSA) is 194 Å². The van der Waals surface area contributed by atoms with E-state index < -0.39 is 53.8 Å². The Morgan fingerprint density at radius 3 is 1.82 bits per heavy atom. The molecule has 8 N–H and O–H groups in total. The van der Waals surface area contributed by atoms with E-state index in [0.717, 1.165) is 5.56 Å². The molecule has 188 valence electrons. The molecule has 0 fully saturated rings. The van der Waals surface area contributed by atoms with Gasteiger partial charge in [0.15, 0.2) is 0 Å². The van der Waals surface area contributed by atoms with Gasteiger partial charge in [-0.1, -0.05) is 58.0 Å². The molecule has 1 rings (SSSR count). The van der Waals surface area contributed by atoms with Crippen LogP contribution in [0.25, 0.3) is 0 Å². The molecule has 0 radical (unpaired) electrons. The first-order valence-corrected chi connectivity index (χ1v) is 11.0. The molecule has 0 aliphatic carbocycles. The fraction of sp³-hybridized carbons (Fsp3) is 0.522. The van der Waals surface area contributed by atoms with E-state index in [4.69, 9.17) is 11.5 Å². The molecule has 0 aliphatic heterocycles. The van der Waals surface area contributed by atoms with E-state index in [1.165, 1.54) is 0 Å². The number of hydrogen-bond donors (Lipinski definition) is 6. The van der Waals surface area contributed by atoms with Crippen LogP contribution in [0, 0.1) is 11.8 Å². The Labute approximate surface area is 199 Å². The normalized spacial score (nSPS) is 14.6. The molecule has 0 aliphatic rings. The second-order valence-corrected chi connectivity index (χ2v) is 8.83. The van der Waals surface area contributed by atoms with Gasteiger partial charge < -0.3 is 32.5 Å². The van der Waals surface area contributed by atoms with E-state index in [2.05, 4.69) is 16.0 Å². The van der Waals surface area contributed by atoms with Crippen LogP contribution in [-0.4, -0.2) is 58.9 Å². The molecule has 0 saturated heterocycles. The van der Waals surface area contributed by atoms with Crippen LogP contribution in [-0.2, 0) is 30.4 Å².